The minimum absolute atomic E-state index is 0. The van der Waals surface area contributed by atoms with Gasteiger partial charge in [-0.1, -0.05) is 19.5 Å². The van der Waals surface area contributed by atoms with Crippen LogP contribution < -0.4 is 4.90 Å². The summed E-state index contributed by atoms with van der Waals surface area (Å²) < 4.78 is 0. The minimum Gasteiger partial charge on any atom is -0.364 e. The first kappa shape index (κ1) is 14.7. The van der Waals surface area contributed by atoms with Crippen molar-refractivity contribution in [2.45, 2.75) is 20.8 Å². The van der Waals surface area contributed by atoms with Crippen LogP contribution in [0, 0.1) is 26.3 Å². The Bertz CT molecular complexity index is 349. The maximum Gasteiger partial charge on any atom is 0.0871 e. The number of nitrogens with zero attached hydrogens (tertiary/aromatic N) is 1. The standard InChI is InChI=1S/C12H15NO.Y/c1-5-12(14)13(4)11-7-6-9(2)10(3)8-11;/h5-6,8H,1-4H3;/q-2;. The molecule has 0 aliphatic carbocycles. The van der Waals surface area contributed by atoms with Gasteiger partial charge in [0.15, 0.2) is 0 Å². The Balaban J connectivity index is 0.00000196. The third kappa shape index (κ3) is 3.62. The van der Waals surface area contributed by atoms with E-state index in [-0.39, 0.29) is 38.6 Å². The number of aryl methyl sites for hydroxylation is 2. The van der Waals surface area contributed by atoms with Crippen molar-refractivity contribution in [1.82, 2.24) is 0 Å². The number of anilines is 1. The van der Waals surface area contributed by atoms with Gasteiger partial charge in [0.1, 0.15) is 0 Å². The Morgan fingerprint density at radius 2 is 2.00 bits per heavy atom. The van der Waals surface area contributed by atoms with E-state index in [4.69, 9.17) is 0 Å². The van der Waals surface area contributed by atoms with Gasteiger partial charge in [-0.15, -0.1) is 6.07 Å². The molecular formula is C12H15NOY-2. The van der Waals surface area contributed by atoms with E-state index in [1.807, 2.05) is 26.0 Å². The van der Waals surface area contributed by atoms with E-state index in [2.05, 4.69) is 6.07 Å². The molecule has 1 rings (SSSR count). The van der Waals surface area contributed by atoms with Crippen molar-refractivity contribution < 1.29 is 37.5 Å². The Kier molecular flexibility index (Phi) is 6.15. The maximum absolute atomic E-state index is 11.4. The molecule has 0 aromatic heterocycles. The molecule has 0 unspecified atom stereocenters. The van der Waals surface area contributed by atoms with Crippen molar-refractivity contribution in [2.75, 3.05) is 11.9 Å². The van der Waals surface area contributed by atoms with Crippen molar-refractivity contribution in [3.05, 3.63) is 35.7 Å². The summed E-state index contributed by atoms with van der Waals surface area (Å²) in [6, 6.07) is 6.95. The Morgan fingerprint density at radius 3 is 2.47 bits per heavy atom. The topological polar surface area (TPSA) is 20.3 Å². The Labute approximate surface area is 117 Å². The Hall–Kier alpha value is -0.336. The SMILES string of the molecule is C[CH-]C(=O)N(C)c1[c-]cc(C)c(C)c1.[Y]. The number of hydrogen-bond acceptors (Lipinski definition) is 1. The van der Waals surface area contributed by atoms with Gasteiger partial charge in [0.25, 0.3) is 0 Å². The molecule has 0 saturated heterocycles. The fourth-order valence-corrected chi connectivity index (χ4v) is 1.16. The molecule has 15 heavy (non-hydrogen) atoms. The van der Waals surface area contributed by atoms with E-state index in [1.165, 1.54) is 11.1 Å². The van der Waals surface area contributed by atoms with Crippen LogP contribution in [0.4, 0.5) is 5.69 Å². The largest absolute Gasteiger partial charge is 0.364 e. The molecular weight excluding hydrogens is 263 g/mol. The number of carbonyl (C=O) groups is 1. The van der Waals surface area contributed by atoms with Crippen molar-refractivity contribution in [1.29, 1.82) is 0 Å². The number of hydrogen-bond donors (Lipinski definition) is 0. The first-order valence-corrected chi connectivity index (χ1v) is 4.62. The summed E-state index contributed by atoms with van der Waals surface area (Å²) in [4.78, 5) is 12.9. The summed E-state index contributed by atoms with van der Waals surface area (Å²) in [5.74, 6) is -0.00972. The second kappa shape index (κ2) is 6.29. The summed E-state index contributed by atoms with van der Waals surface area (Å²) in [6.45, 7) is 5.80. The molecule has 0 heterocycles. The number of carbonyl (C=O) groups excluding carboxylic acids is 1. The average molecular weight is 278 g/mol. The zero-order chi connectivity index (χ0) is 10.7. The fraction of sp³-hybridized carbons (Fsp3) is 0.333. The number of benzene rings is 1. The van der Waals surface area contributed by atoms with E-state index >= 15 is 0 Å². The van der Waals surface area contributed by atoms with Crippen LogP contribution in [-0.2, 0) is 37.5 Å². The van der Waals surface area contributed by atoms with Gasteiger partial charge < -0.3 is 16.1 Å². The van der Waals surface area contributed by atoms with Gasteiger partial charge in [0.2, 0.25) is 0 Å². The van der Waals surface area contributed by atoms with Crippen LogP contribution in [0.25, 0.3) is 0 Å². The monoisotopic (exact) mass is 278 g/mol. The van der Waals surface area contributed by atoms with Crippen LogP contribution in [0.2, 0.25) is 0 Å². The summed E-state index contributed by atoms with van der Waals surface area (Å²) in [5, 5.41) is 0. The molecule has 0 fully saturated rings. The van der Waals surface area contributed by atoms with E-state index in [9.17, 15) is 4.79 Å². The second-order valence-corrected chi connectivity index (χ2v) is 3.37. The third-order valence-corrected chi connectivity index (χ3v) is 2.35. The van der Waals surface area contributed by atoms with Crippen LogP contribution in [0.1, 0.15) is 18.1 Å². The van der Waals surface area contributed by atoms with Crippen LogP contribution in [0.3, 0.4) is 0 Å². The van der Waals surface area contributed by atoms with Gasteiger partial charge in [-0.25, -0.2) is 0 Å². The second-order valence-electron chi connectivity index (χ2n) is 3.37. The molecule has 1 amide bonds. The van der Waals surface area contributed by atoms with Crippen LogP contribution in [0.15, 0.2) is 12.1 Å². The van der Waals surface area contributed by atoms with Crippen molar-refractivity contribution in [3.8, 4) is 0 Å². The van der Waals surface area contributed by atoms with Gasteiger partial charge >= 0.3 is 0 Å². The predicted molar refractivity (Wildman–Crippen MR) is 58.1 cm³/mol. The van der Waals surface area contributed by atoms with Gasteiger partial charge in [0.05, 0.1) is 5.91 Å². The molecule has 1 radical (unpaired) electrons. The summed E-state index contributed by atoms with van der Waals surface area (Å²) in [6.07, 6.45) is 1.54. The third-order valence-electron chi connectivity index (χ3n) is 2.35. The normalized spacial score (nSPS) is 9.07. The molecule has 79 valence electrons. The molecule has 2 nitrogen and oxygen atoms in total. The molecule has 0 spiro atoms. The Morgan fingerprint density at radius 1 is 1.40 bits per heavy atom. The van der Waals surface area contributed by atoms with Crippen molar-refractivity contribution in [3.63, 3.8) is 0 Å². The van der Waals surface area contributed by atoms with Crippen LogP contribution in [0.5, 0.6) is 0 Å². The van der Waals surface area contributed by atoms with Crippen LogP contribution >= 0.6 is 0 Å². The number of rotatable bonds is 2. The summed E-state index contributed by atoms with van der Waals surface area (Å²) in [7, 11) is 1.75. The zero-order valence-corrected chi connectivity index (χ0v) is 12.5. The van der Waals surface area contributed by atoms with E-state index in [0.717, 1.165) is 5.69 Å². The smallest absolute Gasteiger partial charge is 0.0871 e. The van der Waals surface area contributed by atoms with E-state index in [1.54, 1.807) is 25.3 Å². The van der Waals surface area contributed by atoms with E-state index in [0.29, 0.717) is 0 Å². The van der Waals surface area contributed by atoms with E-state index < -0.39 is 0 Å². The maximum atomic E-state index is 11.4. The predicted octanol–water partition coefficient (Wildman–Crippen LogP) is 2.29. The quantitative estimate of drug-likeness (QED) is 0.760. The van der Waals surface area contributed by atoms with Gasteiger partial charge in [0, 0.05) is 39.8 Å². The molecule has 0 atom stereocenters. The average Bonchev–Trinajstić information content (AvgIpc) is 2.20. The fourth-order valence-electron chi connectivity index (χ4n) is 1.16. The molecule has 0 aliphatic rings. The van der Waals surface area contributed by atoms with Gasteiger partial charge in [-0.3, -0.25) is 0 Å². The first-order chi connectivity index (χ1) is 6.56. The zero-order valence-electron chi connectivity index (χ0n) is 9.66. The molecule has 0 N–H and O–H groups in total. The van der Waals surface area contributed by atoms with Crippen LogP contribution in [-0.4, -0.2) is 13.0 Å². The van der Waals surface area contributed by atoms with Crippen molar-refractivity contribution >= 4 is 11.6 Å². The molecule has 0 aliphatic heterocycles. The summed E-state index contributed by atoms with van der Waals surface area (Å²) in [5.41, 5.74) is 3.18. The van der Waals surface area contributed by atoms with Gasteiger partial charge in [-0.05, 0) is 0 Å². The molecule has 0 bridgehead atoms. The van der Waals surface area contributed by atoms with Crippen molar-refractivity contribution in [2.24, 2.45) is 0 Å². The molecule has 1 aromatic rings. The van der Waals surface area contributed by atoms with Gasteiger partial charge in [-0.2, -0.15) is 30.2 Å². The minimum atomic E-state index is -0.00972. The number of amides is 1. The molecule has 1 aromatic carbocycles. The molecule has 3 heteroatoms. The summed E-state index contributed by atoms with van der Waals surface area (Å²) >= 11 is 0. The molecule has 0 saturated carbocycles. The first-order valence-electron chi connectivity index (χ1n) is 4.62.